The van der Waals surface area contributed by atoms with Crippen LogP contribution >= 0.6 is 0 Å². The third-order valence-corrected chi connectivity index (χ3v) is 2.19. The van der Waals surface area contributed by atoms with Gasteiger partial charge in [0.2, 0.25) is 0 Å². The quantitative estimate of drug-likeness (QED) is 0.770. The third-order valence-electron chi connectivity index (χ3n) is 2.19. The molecule has 0 fully saturated rings. The number of halogens is 1. The lowest BCUT2D eigenvalue weighted by molar-refractivity contribution is -0.139. The molecule has 2 N–H and O–H groups in total. The maximum atomic E-state index is 13.3. The SMILES string of the molecule is COC(=O)Cc1cc(F)c(C#N)cc1CN. The fraction of sp³-hybridized carbons (Fsp3) is 0.273. The number of nitriles is 1. The molecule has 0 unspecified atom stereocenters. The Morgan fingerprint density at radius 2 is 2.25 bits per heavy atom. The van der Waals surface area contributed by atoms with Gasteiger partial charge in [-0.05, 0) is 23.3 Å². The number of esters is 1. The highest BCUT2D eigenvalue weighted by atomic mass is 19.1. The first kappa shape index (κ1) is 12.1. The molecule has 0 aliphatic carbocycles. The van der Waals surface area contributed by atoms with E-state index in [-0.39, 0.29) is 18.5 Å². The zero-order valence-electron chi connectivity index (χ0n) is 8.79. The van der Waals surface area contributed by atoms with E-state index in [0.717, 1.165) is 6.07 Å². The summed E-state index contributed by atoms with van der Waals surface area (Å²) in [6.45, 7) is 0.140. The van der Waals surface area contributed by atoms with Crippen molar-refractivity contribution in [1.29, 1.82) is 5.26 Å². The van der Waals surface area contributed by atoms with Crippen molar-refractivity contribution in [3.8, 4) is 6.07 Å². The Morgan fingerprint density at radius 1 is 1.56 bits per heavy atom. The molecular weight excluding hydrogens is 211 g/mol. The Hall–Kier alpha value is -1.93. The first-order chi connectivity index (χ1) is 7.62. The normalized spacial score (nSPS) is 9.62. The summed E-state index contributed by atoms with van der Waals surface area (Å²) in [4.78, 5) is 11.1. The molecule has 16 heavy (non-hydrogen) atoms. The second-order valence-electron chi connectivity index (χ2n) is 3.17. The number of benzene rings is 1. The Kier molecular flexibility index (Phi) is 3.97. The van der Waals surface area contributed by atoms with Crippen LogP contribution in [0.4, 0.5) is 4.39 Å². The number of ether oxygens (including phenoxy) is 1. The van der Waals surface area contributed by atoms with Crippen molar-refractivity contribution in [2.24, 2.45) is 5.73 Å². The van der Waals surface area contributed by atoms with Crippen molar-refractivity contribution in [3.05, 3.63) is 34.6 Å². The van der Waals surface area contributed by atoms with Crippen LogP contribution in [0.3, 0.4) is 0 Å². The standard InChI is InChI=1S/C11H11FN2O2/c1-16-11(15)4-7-3-10(12)9(6-14)2-8(7)5-13/h2-3H,4-5,13H2,1H3. The van der Waals surface area contributed by atoms with E-state index in [1.54, 1.807) is 6.07 Å². The van der Waals surface area contributed by atoms with E-state index in [2.05, 4.69) is 4.74 Å². The summed E-state index contributed by atoms with van der Waals surface area (Å²) in [7, 11) is 1.25. The van der Waals surface area contributed by atoms with Gasteiger partial charge in [0.1, 0.15) is 11.9 Å². The summed E-state index contributed by atoms with van der Waals surface area (Å²) in [5.74, 6) is -1.13. The lowest BCUT2D eigenvalue weighted by Crippen LogP contribution is -2.10. The molecule has 0 saturated carbocycles. The van der Waals surface area contributed by atoms with Crippen molar-refractivity contribution in [2.75, 3.05) is 7.11 Å². The maximum absolute atomic E-state index is 13.3. The molecule has 0 radical (unpaired) electrons. The Labute approximate surface area is 92.4 Å². The minimum atomic E-state index is -0.654. The highest BCUT2D eigenvalue weighted by Crippen LogP contribution is 2.16. The Bertz CT molecular complexity index is 452. The second-order valence-corrected chi connectivity index (χ2v) is 3.17. The molecule has 1 rings (SSSR count). The molecule has 5 heteroatoms. The van der Waals surface area contributed by atoms with Crippen LogP contribution in [0.15, 0.2) is 12.1 Å². The molecule has 0 aromatic heterocycles. The van der Waals surface area contributed by atoms with Gasteiger partial charge in [-0.2, -0.15) is 5.26 Å². The second kappa shape index (κ2) is 5.24. The highest BCUT2D eigenvalue weighted by Gasteiger charge is 2.12. The number of methoxy groups -OCH3 is 1. The molecular formula is C11H11FN2O2. The molecule has 0 amide bonds. The van der Waals surface area contributed by atoms with Crippen LogP contribution in [-0.4, -0.2) is 13.1 Å². The predicted octanol–water partition coefficient (Wildman–Crippen LogP) is 0.872. The van der Waals surface area contributed by atoms with E-state index >= 15 is 0 Å². The van der Waals surface area contributed by atoms with E-state index in [1.807, 2.05) is 0 Å². The van der Waals surface area contributed by atoms with Crippen molar-refractivity contribution in [3.63, 3.8) is 0 Å². The van der Waals surface area contributed by atoms with Gasteiger partial charge in [-0.25, -0.2) is 4.39 Å². The molecule has 0 atom stereocenters. The van der Waals surface area contributed by atoms with Gasteiger partial charge in [-0.3, -0.25) is 4.79 Å². The fourth-order valence-electron chi connectivity index (χ4n) is 1.33. The molecule has 0 bridgehead atoms. The van der Waals surface area contributed by atoms with Crippen LogP contribution < -0.4 is 5.73 Å². The molecule has 1 aromatic carbocycles. The van der Waals surface area contributed by atoms with Gasteiger partial charge in [0.05, 0.1) is 19.1 Å². The zero-order valence-corrected chi connectivity index (χ0v) is 8.79. The number of carbonyl (C=O) groups is 1. The number of carbonyl (C=O) groups excluding carboxylic acids is 1. The number of rotatable bonds is 3. The Morgan fingerprint density at radius 3 is 2.75 bits per heavy atom. The third kappa shape index (κ3) is 2.55. The van der Waals surface area contributed by atoms with Gasteiger partial charge in [0, 0.05) is 6.54 Å². The van der Waals surface area contributed by atoms with Gasteiger partial charge >= 0.3 is 5.97 Å². The predicted molar refractivity (Wildman–Crippen MR) is 54.7 cm³/mol. The minimum Gasteiger partial charge on any atom is -0.469 e. The summed E-state index contributed by atoms with van der Waals surface area (Å²) in [5.41, 5.74) is 6.40. The average Bonchev–Trinajstić information content (AvgIpc) is 2.29. The van der Waals surface area contributed by atoms with Crippen LogP contribution in [0.2, 0.25) is 0 Å². The van der Waals surface area contributed by atoms with E-state index in [4.69, 9.17) is 11.0 Å². The topological polar surface area (TPSA) is 76.1 Å². The Balaban J connectivity index is 3.14. The minimum absolute atomic E-state index is 0.0499. The van der Waals surface area contributed by atoms with Gasteiger partial charge in [-0.15, -0.1) is 0 Å². The van der Waals surface area contributed by atoms with Crippen molar-refractivity contribution in [1.82, 2.24) is 0 Å². The van der Waals surface area contributed by atoms with E-state index in [9.17, 15) is 9.18 Å². The molecule has 84 valence electrons. The highest BCUT2D eigenvalue weighted by molar-refractivity contribution is 5.73. The van der Waals surface area contributed by atoms with Gasteiger partial charge in [0.25, 0.3) is 0 Å². The molecule has 1 aromatic rings. The summed E-state index contributed by atoms with van der Waals surface area (Å²) in [6.07, 6.45) is -0.0499. The van der Waals surface area contributed by atoms with E-state index < -0.39 is 11.8 Å². The van der Waals surface area contributed by atoms with Crippen LogP contribution in [-0.2, 0) is 22.5 Å². The molecule has 0 spiro atoms. The fourth-order valence-corrected chi connectivity index (χ4v) is 1.33. The van der Waals surface area contributed by atoms with E-state index in [0.29, 0.717) is 11.1 Å². The molecule has 0 aliphatic heterocycles. The molecule has 0 aliphatic rings. The molecule has 4 nitrogen and oxygen atoms in total. The zero-order chi connectivity index (χ0) is 12.1. The summed E-state index contributed by atoms with van der Waals surface area (Å²) < 4.78 is 17.8. The number of hydrogen-bond acceptors (Lipinski definition) is 4. The lowest BCUT2D eigenvalue weighted by atomic mass is 10.0. The van der Waals surface area contributed by atoms with Gasteiger partial charge in [-0.1, -0.05) is 0 Å². The molecule has 0 heterocycles. The first-order valence-corrected chi connectivity index (χ1v) is 4.60. The van der Waals surface area contributed by atoms with Crippen LogP contribution in [0, 0.1) is 17.1 Å². The summed E-state index contributed by atoms with van der Waals surface area (Å²) >= 11 is 0. The van der Waals surface area contributed by atoms with Crippen molar-refractivity contribution >= 4 is 5.97 Å². The number of hydrogen-bond donors (Lipinski definition) is 1. The van der Waals surface area contributed by atoms with Crippen LogP contribution in [0.25, 0.3) is 0 Å². The number of nitrogens with two attached hydrogens (primary N) is 1. The monoisotopic (exact) mass is 222 g/mol. The van der Waals surface area contributed by atoms with Crippen molar-refractivity contribution in [2.45, 2.75) is 13.0 Å². The number of nitrogens with zero attached hydrogens (tertiary/aromatic N) is 1. The smallest absolute Gasteiger partial charge is 0.309 e. The molecule has 0 saturated heterocycles. The van der Waals surface area contributed by atoms with Gasteiger partial charge in [0.15, 0.2) is 0 Å². The summed E-state index contributed by atoms with van der Waals surface area (Å²) in [5, 5.41) is 8.63. The first-order valence-electron chi connectivity index (χ1n) is 4.60. The lowest BCUT2D eigenvalue weighted by Gasteiger charge is -2.07. The van der Waals surface area contributed by atoms with Crippen LogP contribution in [0.1, 0.15) is 16.7 Å². The maximum Gasteiger partial charge on any atom is 0.309 e. The summed E-state index contributed by atoms with van der Waals surface area (Å²) in [6, 6.07) is 4.22. The van der Waals surface area contributed by atoms with Crippen molar-refractivity contribution < 1.29 is 13.9 Å². The largest absolute Gasteiger partial charge is 0.469 e. The van der Waals surface area contributed by atoms with Crippen LogP contribution in [0.5, 0.6) is 0 Å². The van der Waals surface area contributed by atoms with Gasteiger partial charge < -0.3 is 10.5 Å². The average molecular weight is 222 g/mol. The van der Waals surface area contributed by atoms with E-state index in [1.165, 1.54) is 13.2 Å².